The zero-order valence-corrected chi connectivity index (χ0v) is 11.7. The van der Waals surface area contributed by atoms with E-state index in [9.17, 15) is 22.4 Å². The Morgan fingerprint density at radius 2 is 1.90 bits per heavy atom. The predicted molar refractivity (Wildman–Crippen MR) is 68.8 cm³/mol. The Balaban J connectivity index is 0.00000400. The fourth-order valence-corrected chi connectivity index (χ4v) is 1.50. The molecule has 21 heavy (non-hydrogen) atoms. The summed E-state index contributed by atoms with van der Waals surface area (Å²) >= 11 is 0. The molecule has 1 aromatic carbocycles. The molecule has 0 aliphatic heterocycles. The monoisotopic (exact) mass is 331 g/mol. The second-order valence-electron chi connectivity index (χ2n) is 3.77. The van der Waals surface area contributed by atoms with Gasteiger partial charge in [-0.1, -0.05) is 18.2 Å². The molecular weight excluding hydrogens is 318 g/mol. The Morgan fingerprint density at radius 3 is 2.43 bits per heavy atom. The Kier molecular flexibility index (Phi) is 7.45. The lowest BCUT2D eigenvalue weighted by atomic mass is 10.0. The molecule has 0 amide bonds. The quantitative estimate of drug-likeness (QED) is 0.665. The van der Waals surface area contributed by atoms with Crippen molar-refractivity contribution in [3.05, 3.63) is 29.8 Å². The lowest BCUT2D eigenvalue weighted by Gasteiger charge is -2.19. The minimum Gasteiger partial charge on any atom is -0.464 e. The number of benzene rings is 1. The maximum absolute atomic E-state index is 13.7. The molecule has 0 saturated heterocycles. The Hall–Kier alpha value is -1.54. The number of carbonyl (C=O) groups is 1. The Labute approximate surface area is 124 Å². The average molecular weight is 332 g/mol. The van der Waals surface area contributed by atoms with E-state index in [1.165, 1.54) is 19.1 Å². The van der Waals surface area contributed by atoms with Gasteiger partial charge in [0.25, 0.3) is 0 Å². The van der Waals surface area contributed by atoms with Crippen LogP contribution in [0.25, 0.3) is 0 Å². The summed E-state index contributed by atoms with van der Waals surface area (Å²) in [5, 5.41) is 0. The van der Waals surface area contributed by atoms with E-state index in [4.69, 9.17) is 5.73 Å². The van der Waals surface area contributed by atoms with Crippen LogP contribution in [0.4, 0.5) is 17.6 Å². The van der Waals surface area contributed by atoms with E-state index in [0.29, 0.717) is 0 Å². The number of carbonyl (C=O) groups excluding carboxylic acids is 1. The highest BCUT2D eigenvalue weighted by atomic mass is 35.5. The minimum atomic E-state index is -4.94. The summed E-state index contributed by atoms with van der Waals surface area (Å²) < 4.78 is 58.6. The average Bonchev–Trinajstić information content (AvgIpc) is 2.36. The number of rotatable bonds is 5. The number of halogens is 5. The number of alkyl halides is 4. The van der Waals surface area contributed by atoms with Crippen molar-refractivity contribution in [1.29, 1.82) is 0 Å². The first-order chi connectivity index (χ1) is 9.26. The summed E-state index contributed by atoms with van der Waals surface area (Å²) in [6.07, 6.45) is -7.22. The summed E-state index contributed by atoms with van der Waals surface area (Å²) in [7, 11) is 0. The van der Waals surface area contributed by atoms with Crippen molar-refractivity contribution in [2.24, 2.45) is 5.73 Å². The molecule has 0 fully saturated rings. The molecule has 4 nitrogen and oxygen atoms in total. The molecule has 1 aromatic rings. The highest BCUT2D eigenvalue weighted by Crippen LogP contribution is 2.31. The van der Waals surface area contributed by atoms with Crippen LogP contribution in [-0.4, -0.2) is 25.1 Å². The van der Waals surface area contributed by atoms with E-state index in [2.05, 4.69) is 9.47 Å². The maximum Gasteiger partial charge on any atom is 0.573 e. The van der Waals surface area contributed by atoms with Crippen molar-refractivity contribution < 1.29 is 31.8 Å². The fraction of sp³-hybridized carbons (Fsp3) is 0.417. The standard InChI is InChI=1S/C12H13F4NO3.ClH/c1-2-19-11(18)9(13)10(17)7-5-3-4-6-8(7)20-12(14,15)16;/h3-6,9-10H,2,17H2,1H3;1H/t9?,10-;/m1./s1. The topological polar surface area (TPSA) is 61.5 Å². The zero-order chi connectivity index (χ0) is 15.3. The van der Waals surface area contributed by atoms with E-state index in [0.717, 1.165) is 12.1 Å². The molecule has 2 atom stereocenters. The van der Waals surface area contributed by atoms with E-state index in [-0.39, 0.29) is 24.6 Å². The van der Waals surface area contributed by atoms with Crippen LogP contribution < -0.4 is 10.5 Å². The molecular formula is C12H14ClF4NO3. The van der Waals surface area contributed by atoms with Crippen molar-refractivity contribution in [2.45, 2.75) is 25.5 Å². The summed E-state index contributed by atoms with van der Waals surface area (Å²) in [4.78, 5) is 11.2. The van der Waals surface area contributed by atoms with Gasteiger partial charge in [-0.15, -0.1) is 25.6 Å². The van der Waals surface area contributed by atoms with Crippen molar-refractivity contribution in [3.8, 4) is 5.75 Å². The largest absolute Gasteiger partial charge is 0.573 e. The second-order valence-corrected chi connectivity index (χ2v) is 3.77. The first kappa shape index (κ1) is 19.5. The van der Waals surface area contributed by atoms with Gasteiger partial charge >= 0.3 is 12.3 Å². The van der Waals surface area contributed by atoms with Crippen molar-refractivity contribution >= 4 is 18.4 Å². The molecule has 1 unspecified atom stereocenters. The van der Waals surface area contributed by atoms with Crippen LogP contribution in [0, 0.1) is 0 Å². The molecule has 120 valence electrons. The molecule has 0 aliphatic rings. The van der Waals surface area contributed by atoms with Crippen molar-refractivity contribution in [3.63, 3.8) is 0 Å². The molecule has 0 spiro atoms. The number of esters is 1. The molecule has 0 aliphatic carbocycles. The summed E-state index contributed by atoms with van der Waals surface area (Å²) in [5.41, 5.74) is 5.19. The van der Waals surface area contributed by atoms with Gasteiger partial charge in [0.1, 0.15) is 5.75 Å². The van der Waals surface area contributed by atoms with Crippen molar-refractivity contribution in [1.82, 2.24) is 0 Å². The van der Waals surface area contributed by atoms with Gasteiger partial charge in [0.05, 0.1) is 12.6 Å². The van der Waals surface area contributed by atoms with Gasteiger partial charge in [-0.2, -0.15) is 0 Å². The first-order valence-electron chi connectivity index (χ1n) is 5.67. The van der Waals surface area contributed by atoms with Gasteiger partial charge in [-0.05, 0) is 13.0 Å². The van der Waals surface area contributed by atoms with Gasteiger partial charge in [0.2, 0.25) is 6.17 Å². The minimum absolute atomic E-state index is 0. The van der Waals surface area contributed by atoms with E-state index in [1.807, 2.05) is 0 Å². The highest BCUT2D eigenvalue weighted by Gasteiger charge is 2.35. The molecule has 0 bridgehead atoms. The number of hydrogen-bond donors (Lipinski definition) is 1. The number of para-hydroxylation sites is 1. The molecule has 0 heterocycles. The number of nitrogens with two attached hydrogens (primary N) is 1. The molecule has 0 aromatic heterocycles. The maximum atomic E-state index is 13.7. The van der Waals surface area contributed by atoms with E-state index >= 15 is 0 Å². The highest BCUT2D eigenvalue weighted by molar-refractivity contribution is 5.85. The lowest BCUT2D eigenvalue weighted by Crippen LogP contribution is -2.32. The molecule has 2 N–H and O–H groups in total. The first-order valence-corrected chi connectivity index (χ1v) is 5.67. The van der Waals surface area contributed by atoms with Crippen LogP contribution in [0.2, 0.25) is 0 Å². The molecule has 9 heteroatoms. The van der Waals surface area contributed by atoms with Crippen molar-refractivity contribution in [2.75, 3.05) is 6.61 Å². The van der Waals surface area contributed by atoms with E-state index in [1.54, 1.807) is 0 Å². The zero-order valence-electron chi connectivity index (χ0n) is 10.9. The number of ether oxygens (including phenoxy) is 2. The third kappa shape index (κ3) is 5.76. The Morgan fingerprint density at radius 1 is 1.33 bits per heavy atom. The van der Waals surface area contributed by atoms with Gasteiger partial charge in [-0.3, -0.25) is 0 Å². The van der Waals surface area contributed by atoms with Crippen LogP contribution in [-0.2, 0) is 9.53 Å². The third-order valence-corrected chi connectivity index (χ3v) is 2.33. The van der Waals surface area contributed by atoms with Crippen LogP contribution >= 0.6 is 12.4 Å². The number of hydrogen-bond acceptors (Lipinski definition) is 4. The van der Waals surface area contributed by atoms with Crippen LogP contribution in [0.3, 0.4) is 0 Å². The molecule has 0 radical (unpaired) electrons. The van der Waals surface area contributed by atoms with E-state index < -0.39 is 30.3 Å². The lowest BCUT2D eigenvalue weighted by molar-refractivity contribution is -0.275. The van der Waals surface area contributed by atoms with Crippen LogP contribution in [0.1, 0.15) is 18.5 Å². The Bertz CT molecular complexity index is 470. The molecule has 0 saturated carbocycles. The SMILES string of the molecule is CCOC(=O)C(F)[C@H](N)c1ccccc1OC(F)(F)F.Cl. The molecule has 1 rings (SSSR count). The predicted octanol–water partition coefficient (Wildman–Crippen LogP) is 2.91. The van der Waals surface area contributed by atoms with Gasteiger partial charge in [-0.25, -0.2) is 9.18 Å². The van der Waals surface area contributed by atoms with Gasteiger partial charge in [0, 0.05) is 5.56 Å². The fourth-order valence-electron chi connectivity index (χ4n) is 1.50. The summed E-state index contributed by atoms with van der Waals surface area (Å²) in [6.45, 7) is 1.41. The van der Waals surface area contributed by atoms with Gasteiger partial charge in [0.15, 0.2) is 0 Å². The smallest absolute Gasteiger partial charge is 0.464 e. The third-order valence-electron chi connectivity index (χ3n) is 2.33. The normalized spacial score (nSPS) is 13.8. The summed E-state index contributed by atoms with van der Waals surface area (Å²) in [6, 6.07) is 3.15. The van der Waals surface area contributed by atoms with Crippen LogP contribution in [0.5, 0.6) is 5.75 Å². The van der Waals surface area contributed by atoms with Gasteiger partial charge < -0.3 is 15.2 Å². The van der Waals surface area contributed by atoms with Crippen LogP contribution in [0.15, 0.2) is 24.3 Å². The summed E-state index contributed by atoms with van der Waals surface area (Å²) in [5.74, 6) is -1.89. The second kappa shape index (κ2) is 8.04.